The van der Waals surface area contributed by atoms with Crippen LogP contribution in [-0.2, 0) is 11.3 Å². The molecule has 0 saturated carbocycles. The molecule has 0 amide bonds. The second-order valence-electron chi connectivity index (χ2n) is 3.48. The van der Waals surface area contributed by atoms with Gasteiger partial charge in [-0.2, -0.15) is 0 Å². The van der Waals surface area contributed by atoms with Gasteiger partial charge in [-0.15, -0.1) is 0 Å². The van der Waals surface area contributed by atoms with Crippen molar-refractivity contribution in [3.8, 4) is 0 Å². The quantitative estimate of drug-likeness (QED) is 0.757. The Morgan fingerprint density at radius 3 is 3.07 bits per heavy atom. The van der Waals surface area contributed by atoms with Crippen molar-refractivity contribution in [2.75, 3.05) is 25.1 Å². The number of hydrogen-bond acceptors (Lipinski definition) is 4. The molecule has 2 heterocycles. The molecule has 0 aromatic carbocycles. The first-order valence-electron chi connectivity index (χ1n) is 4.67. The monoisotopic (exact) mass is 194 g/mol. The van der Waals surface area contributed by atoms with E-state index in [2.05, 4.69) is 9.88 Å². The maximum atomic E-state index is 9.20. The number of anilines is 1. The summed E-state index contributed by atoms with van der Waals surface area (Å²) in [6, 6.07) is 3.89. The summed E-state index contributed by atoms with van der Waals surface area (Å²) >= 11 is 0. The number of β-amino-alcohol motifs (C(OH)–C–C–N with tert-alkyl or cyclic N) is 1. The summed E-state index contributed by atoms with van der Waals surface area (Å²) in [5.74, 6) is 0.930. The molecule has 0 atom stereocenters. The van der Waals surface area contributed by atoms with Gasteiger partial charge in [0.25, 0.3) is 0 Å². The molecule has 1 fully saturated rings. The zero-order valence-corrected chi connectivity index (χ0v) is 8.18. The van der Waals surface area contributed by atoms with Crippen molar-refractivity contribution in [1.29, 1.82) is 0 Å². The van der Waals surface area contributed by atoms with Gasteiger partial charge in [0.1, 0.15) is 5.82 Å². The van der Waals surface area contributed by atoms with Gasteiger partial charge < -0.3 is 14.7 Å². The Labute approximate surface area is 83.1 Å². The summed E-state index contributed by atoms with van der Waals surface area (Å²) in [5.41, 5.74) is 1.07. The third kappa shape index (κ3) is 1.71. The lowest BCUT2D eigenvalue weighted by Crippen LogP contribution is -2.51. The van der Waals surface area contributed by atoms with Crippen LogP contribution in [0.2, 0.25) is 0 Å². The predicted molar refractivity (Wildman–Crippen MR) is 53.2 cm³/mol. The van der Waals surface area contributed by atoms with E-state index in [-0.39, 0.29) is 6.10 Å². The first kappa shape index (κ1) is 9.43. The van der Waals surface area contributed by atoms with Crippen LogP contribution in [0.1, 0.15) is 5.56 Å². The van der Waals surface area contributed by atoms with Gasteiger partial charge in [0.2, 0.25) is 0 Å². The Kier molecular flexibility index (Phi) is 2.65. The fourth-order valence-corrected chi connectivity index (χ4v) is 1.61. The van der Waals surface area contributed by atoms with E-state index >= 15 is 0 Å². The Balaban J connectivity index is 2.15. The summed E-state index contributed by atoms with van der Waals surface area (Å²) < 4.78 is 5.08. The lowest BCUT2D eigenvalue weighted by atomic mass is 10.1. The Hall–Kier alpha value is -1.13. The van der Waals surface area contributed by atoms with Gasteiger partial charge in [-0.25, -0.2) is 4.98 Å². The minimum absolute atomic E-state index is 0.201. The van der Waals surface area contributed by atoms with Crippen LogP contribution >= 0.6 is 0 Å². The normalized spacial score (nSPS) is 16.9. The minimum atomic E-state index is -0.201. The molecule has 14 heavy (non-hydrogen) atoms. The first-order chi connectivity index (χ1) is 6.81. The van der Waals surface area contributed by atoms with Crippen molar-refractivity contribution in [2.45, 2.75) is 12.7 Å². The van der Waals surface area contributed by atoms with Gasteiger partial charge in [0, 0.05) is 32.0 Å². The molecule has 1 aromatic rings. The van der Waals surface area contributed by atoms with E-state index < -0.39 is 0 Å². The molecule has 1 N–H and O–H groups in total. The average Bonchev–Trinajstić information content (AvgIpc) is 2.15. The van der Waals surface area contributed by atoms with E-state index in [1.54, 1.807) is 13.3 Å². The van der Waals surface area contributed by atoms with Crippen LogP contribution < -0.4 is 4.90 Å². The lowest BCUT2D eigenvalue weighted by Gasteiger charge is -2.37. The molecular formula is C10H14N2O2. The van der Waals surface area contributed by atoms with Crippen molar-refractivity contribution in [2.24, 2.45) is 0 Å². The number of aliphatic hydroxyl groups excluding tert-OH is 1. The highest BCUT2D eigenvalue weighted by atomic mass is 16.5. The number of ether oxygens (including phenoxy) is 1. The maximum absolute atomic E-state index is 9.20. The number of rotatable bonds is 3. The summed E-state index contributed by atoms with van der Waals surface area (Å²) in [6.45, 7) is 1.91. The number of hydrogen-bond donors (Lipinski definition) is 1. The van der Waals surface area contributed by atoms with Crippen LogP contribution in [0.3, 0.4) is 0 Å². The number of aromatic nitrogens is 1. The Bertz CT molecular complexity index is 311. The highest BCUT2D eigenvalue weighted by Gasteiger charge is 2.26. The molecule has 0 aliphatic carbocycles. The van der Waals surface area contributed by atoms with Gasteiger partial charge >= 0.3 is 0 Å². The van der Waals surface area contributed by atoms with E-state index in [4.69, 9.17) is 4.74 Å². The molecule has 0 radical (unpaired) electrons. The number of nitrogens with zero attached hydrogens (tertiary/aromatic N) is 2. The summed E-state index contributed by atoms with van der Waals surface area (Å²) in [4.78, 5) is 6.34. The van der Waals surface area contributed by atoms with E-state index in [1.807, 2.05) is 12.1 Å². The minimum Gasteiger partial charge on any atom is -0.389 e. The Morgan fingerprint density at radius 1 is 1.64 bits per heavy atom. The fraction of sp³-hybridized carbons (Fsp3) is 0.500. The van der Waals surface area contributed by atoms with Crippen LogP contribution in [0.4, 0.5) is 5.82 Å². The molecule has 1 aliphatic rings. The second kappa shape index (κ2) is 3.94. The number of aliphatic hydroxyl groups is 1. The van der Waals surface area contributed by atoms with E-state index in [0.717, 1.165) is 11.4 Å². The van der Waals surface area contributed by atoms with Crippen LogP contribution in [0.25, 0.3) is 0 Å². The lowest BCUT2D eigenvalue weighted by molar-refractivity contribution is 0.140. The zero-order valence-electron chi connectivity index (χ0n) is 8.18. The largest absolute Gasteiger partial charge is 0.389 e. The smallest absolute Gasteiger partial charge is 0.134 e. The molecule has 0 bridgehead atoms. The van der Waals surface area contributed by atoms with Gasteiger partial charge in [-0.1, -0.05) is 6.07 Å². The SMILES string of the molecule is COCc1cccnc1N1CC(O)C1. The highest BCUT2D eigenvalue weighted by Crippen LogP contribution is 2.22. The van der Waals surface area contributed by atoms with Crippen molar-refractivity contribution in [3.05, 3.63) is 23.9 Å². The van der Waals surface area contributed by atoms with Crippen LogP contribution in [-0.4, -0.2) is 36.4 Å². The third-order valence-electron chi connectivity index (χ3n) is 2.33. The van der Waals surface area contributed by atoms with Gasteiger partial charge in [0.05, 0.1) is 12.7 Å². The molecule has 76 valence electrons. The molecule has 1 aliphatic heterocycles. The van der Waals surface area contributed by atoms with Crippen molar-refractivity contribution >= 4 is 5.82 Å². The second-order valence-corrected chi connectivity index (χ2v) is 3.48. The maximum Gasteiger partial charge on any atom is 0.134 e. The van der Waals surface area contributed by atoms with Gasteiger partial charge in [0.15, 0.2) is 0 Å². The van der Waals surface area contributed by atoms with Crippen molar-refractivity contribution in [1.82, 2.24) is 4.98 Å². The molecule has 0 unspecified atom stereocenters. The van der Waals surface area contributed by atoms with Crippen LogP contribution in [0.15, 0.2) is 18.3 Å². The van der Waals surface area contributed by atoms with Crippen LogP contribution in [0.5, 0.6) is 0 Å². The van der Waals surface area contributed by atoms with Crippen LogP contribution in [0, 0.1) is 0 Å². The molecule has 0 spiro atoms. The molecule has 4 nitrogen and oxygen atoms in total. The molecule has 4 heteroatoms. The molecule has 2 rings (SSSR count). The summed E-state index contributed by atoms with van der Waals surface area (Å²) in [7, 11) is 1.67. The molecule has 1 aromatic heterocycles. The summed E-state index contributed by atoms with van der Waals surface area (Å²) in [5, 5.41) is 9.20. The van der Waals surface area contributed by atoms with E-state index in [0.29, 0.717) is 19.7 Å². The van der Waals surface area contributed by atoms with Crippen molar-refractivity contribution in [3.63, 3.8) is 0 Å². The average molecular weight is 194 g/mol. The van der Waals surface area contributed by atoms with E-state index in [9.17, 15) is 5.11 Å². The number of pyridine rings is 1. The van der Waals surface area contributed by atoms with E-state index in [1.165, 1.54) is 0 Å². The fourth-order valence-electron chi connectivity index (χ4n) is 1.61. The third-order valence-corrected chi connectivity index (χ3v) is 2.33. The molecule has 1 saturated heterocycles. The topological polar surface area (TPSA) is 45.6 Å². The Morgan fingerprint density at radius 2 is 2.43 bits per heavy atom. The highest BCUT2D eigenvalue weighted by molar-refractivity contribution is 5.48. The first-order valence-corrected chi connectivity index (χ1v) is 4.67. The van der Waals surface area contributed by atoms with Gasteiger partial charge in [-0.3, -0.25) is 0 Å². The molecular weight excluding hydrogens is 180 g/mol. The zero-order chi connectivity index (χ0) is 9.97. The predicted octanol–water partition coefficient (Wildman–Crippen LogP) is 0.409. The standard InChI is InChI=1S/C10H14N2O2/c1-14-7-8-3-2-4-11-10(8)12-5-9(13)6-12/h2-4,9,13H,5-7H2,1H3. The number of methoxy groups -OCH3 is 1. The summed E-state index contributed by atoms with van der Waals surface area (Å²) in [6.07, 6.45) is 1.56. The van der Waals surface area contributed by atoms with Crippen molar-refractivity contribution < 1.29 is 9.84 Å². The van der Waals surface area contributed by atoms with Gasteiger partial charge in [-0.05, 0) is 6.07 Å².